The second-order valence-corrected chi connectivity index (χ2v) is 3.95. The van der Waals surface area contributed by atoms with Crippen molar-refractivity contribution in [2.24, 2.45) is 5.73 Å². The Morgan fingerprint density at radius 1 is 1.12 bits per heavy atom. The third-order valence-corrected chi connectivity index (χ3v) is 2.14. The van der Waals surface area contributed by atoms with Crippen LogP contribution in [0.25, 0.3) is 0 Å². The van der Waals surface area contributed by atoms with Crippen molar-refractivity contribution in [1.82, 2.24) is 0 Å². The second-order valence-electron chi connectivity index (χ2n) is 3.50. The van der Waals surface area contributed by atoms with Crippen LogP contribution >= 0.6 is 12.6 Å². The van der Waals surface area contributed by atoms with Crippen LogP contribution in [0.15, 0.2) is 0 Å². The van der Waals surface area contributed by atoms with Crippen molar-refractivity contribution < 1.29 is 14.7 Å². The fourth-order valence-corrected chi connectivity index (χ4v) is 1.14. The zero-order valence-corrected chi connectivity index (χ0v) is 10.8. The molecule has 1 amide bonds. The molecule has 0 spiro atoms. The van der Waals surface area contributed by atoms with Gasteiger partial charge in [-0.25, -0.2) is 0 Å². The summed E-state index contributed by atoms with van der Waals surface area (Å²) in [5.74, 6) is -0.0318. The highest BCUT2D eigenvalue weighted by molar-refractivity contribution is 7.80. The van der Waals surface area contributed by atoms with Gasteiger partial charge in [0.05, 0.1) is 0 Å². The maximum absolute atomic E-state index is 9.98. The molecule has 0 aromatic carbocycles. The molecule has 0 aromatic rings. The van der Waals surface area contributed by atoms with E-state index in [4.69, 9.17) is 10.8 Å². The van der Waals surface area contributed by atoms with Crippen LogP contribution in [-0.4, -0.2) is 22.7 Å². The first-order chi connectivity index (χ1) is 7.54. The van der Waals surface area contributed by atoms with Crippen molar-refractivity contribution in [3.05, 3.63) is 0 Å². The van der Waals surface area contributed by atoms with Gasteiger partial charge in [0, 0.05) is 12.8 Å². The molecule has 0 fully saturated rings. The number of carbonyl (C=O) groups is 2. The number of carboxylic acid groups (broad SMARTS) is 1. The van der Waals surface area contributed by atoms with Crippen LogP contribution in [0.5, 0.6) is 0 Å². The molecular weight excluding hydrogens is 226 g/mol. The lowest BCUT2D eigenvalue weighted by molar-refractivity contribution is -0.137. The highest BCUT2D eigenvalue weighted by Gasteiger charge is 1.94. The topological polar surface area (TPSA) is 80.4 Å². The van der Waals surface area contributed by atoms with E-state index in [-0.39, 0.29) is 5.91 Å². The summed E-state index contributed by atoms with van der Waals surface area (Å²) in [6.45, 7) is 2.03. The van der Waals surface area contributed by atoms with Gasteiger partial charge in [-0.15, -0.1) is 0 Å². The highest BCUT2D eigenvalue weighted by Crippen LogP contribution is 1.99. The number of hydrogen-bond acceptors (Lipinski definition) is 3. The summed E-state index contributed by atoms with van der Waals surface area (Å²) in [7, 11) is 0. The van der Waals surface area contributed by atoms with Crippen molar-refractivity contribution in [3.63, 3.8) is 0 Å². The molecule has 5 heteroatoms. The van der Waals surface area contributed by atoms with Gasteiger partial charge in [0.2, 0.25) is 5.91 Å². The Morgan fingerprint density at radius 2 is 1.75 bits per heavy atom. The van der Waals surface area contributed by atoms with E-state index >= 15 is 0 Å². The number of carbonyl (C=O) groups excluding carboxylic acids is 1. The van der Waals surface area contributed by atoms with Gasteiger partial charge in [-0.05, 0) is 25.0 Å². The molecule has 0 unspecified atom stereocenters. The largest absolute Gasteiger partial charge is 0.481 e. The Labute approximate surface area is 103 Å². The standard InChI is InChI=1S/C6H12O2S.C5H11NO/c7-6(8)4-2-1-3-5-9;1-2-3-4-5(6)7/h9H,1-5H2,(H,7,8);2-4H2,1H3,(H2,6,7). The number of unbranched alkanes of at least 4 members (excludes halogenated alkanes) is 3. The van der Waals surface area contributed by atoms with Crippen molar-refractivity contribution in [2.45, 2.75) is 51.9 Å². The summed E-state index contributed by atoms with van der Waals surface area (Å²) in [5.41, 5.74) is 4.84. The van der Waals surface area contributed by atoms with Crippen LogP contribution < -0.4 is 5.73 Å². The van der Waals surface area contributed by atoms with Gasteiger partial charge >= 0.3 is 5.97 Å². The maximum atomic E-state index is 9.98. The van der Waals surface area contributed by atoms with E-state index in [1.165, 1.54) is 0 Å². The minimum Gasteiger partial charge on any atom is -0.481 e. The quantitative estimate of drug-likeness (QED) is 0.456. The van der Waals surface area contributed by atoms with Crippen LogP contribution in [0.4, 0.5) is 0 Å². The average Bonchev–Trinajstić information content (AvgIpc) is 2.22. The number of hydrogen-bond donors (Lipinski definition) is 3. The van der Waals surface area contributed by atoms with Crippen molar-refractivity contribution in [1.29, 1.82) is 0 Å². The Balaban J connectivity index is 0. The average molecular weight is 249 g/mol. The Hall–Kier alpha value is -0.710. The number of carboxylic acids is 1. The van der Waals surface area contributed by atoms with Gasteiger partial charge in [0.15, 0.2) is 0 Å². The third-order valence-electron chi connectivity index (χ3n) is 1.83. The van der Waals surface area contributed by atoms with Gasteiger partial charge in [0.1, 0.15) is 0 Å². The molecule has 0 saturated carbocycles. The van der Waals surface area contributed by atoms with Crippen LogP contribution in [0.3, 0.4) is 0 Å². The number of amides is 1. The molecule has 0 saturated heterocycles. The minimum absolute atomic E-state index is 0.193. The van der Waals surface area contributed by atoms with E-state index in [1.807, 2.05) is 6.92 Å². The lowest BCUT2D eigenvalue weighted by Gasteiger charge is -1.92. The summed E-state index contributed by atoms with van der Waals surface area (Å²) >= 11 is 4.00. The Kier molecular flexibility index (Phi) is 15.8. The van der Waals surface area contributed by atoms with Crippen molar-refractivity contribution in [3.8, 4) is 0 Å². The second kappa shape index (κ2) is 14.3. The van der Waals surface area contributed by atoms with Gasteiger partial charge in [-0.2, -0.15) is 12.6 Å². The highest BCUT2D eigenvalue weighted by atomic mass is 32.1. The number of nitrogens with two attached hydrogens (primary N) is 1. The summed E-state index contributed by atoms with van der Waals surface area (Å²) in [6.07, 6.45) is 5.60. The predicted octanol–water partition coefficient (Wildman–Crippen LogP) is 2.22. The molecular formula is C11H23NO3S. The number of primary amides is 1. The normalized spacial score (nSPS) is 9.12. The molecule has 0 atom stereocenters. The van der Waals surface area contributed by atoms with E-state index in [9.17, 15) is 9.59 Å². The van der Waals surface area contributed by atoms with E-state index < -0.39 is 5.97 Å². The molecule has 0 bridgehead atoms. The zero-order chi connectivity index (χ0) is 12.8. The smallest absolute Gasteiger partial charge is 0.303 e. The first kappa shape index (κ1) is 17.7. The molecule has 3 N–H and O–H groups in total. The lowest BCUT2D eigenvalue weighted by Crippen LogP contribution is -2.09. The van der Waals surface area contributed by atoms with Crippen molar-refractivity contribution in [2.75, 3.05) is 5.75 Å². The molecule has 0 aromatic heterocycles. The molecule has 0 aliphatic heterocycles. The zero-order valence-electron chi connectivity index (χ0n) is 9.95. The predicted molar refractivity (Wildman–Crippen MR) is 68.7 cm³/mol. The first-order valence-electron chi connectivity index (χ1n) is 5.65. The third kappa shape index (κ3) is 23.3. The molecule has 0 heterocycles. The summed E-state index contributed by atoms with van der Waals surface area (Å²) in [5, 5.41) is 8.19. The van der Waals surface area contributed by atoms with Crippen LogP contribution in [0, 0.1) is 0 Å². The number of rotatable bonds is 8. The van der Waals surface area contributed by atoms with Crippen LogP contribution in [0.2, 0.25) is 0 Å². The molecule has 0 rings (SSSR count). The summed E-state index contributed by atoms with van der Waals surface area (Å²) in [6, 6.07) is 0. The number of aliphatic carboxylic acids is 1. The molecule has 96 valence electrons. The fraction of sp³-hybridized carbons (Fsp3) is 0.818. The summed E-state index contributed by atoms with van der Waals surface area (Å²) in [4.78, 5) is 19.9. The first-order valence-corrected chi connectivity index (χ1v) is 6.28. The molecule has 0 aliphatic rings. The monoisotopic (exact) mass is 249 g/mol. The van der Waals surface area contributed by atoms with Crippen LogP contribution in [0.1, 0.15) is 51.9 Å². The van der Waals surface area contributed by atoms with Gasteiger partial charge < -0.3 is 10.8 Å². The Bertz CT molecular complexity index is 186. The van der Waals surface area contributed by atoms with Gasteiger partial charge in [-0.1, -0.05) is 19.8 Å². The van der Waals surface area contributed by atoms with Crippen LogP contribution in [-0.2, 0) is 9.59 Å². The van der Waals surface area contributed by atoms with E-state index in [2.05, 4.69) is 12.6 Å². The lowest BCUT2D eigenvalue weighted by atomic mass is 10.2. The van der Waals surface area contributed by atoms with Gasteiger partial charge in [0.25, 0.3) is 0 Å². The molecule has 0 aliphatic carbocycles. The SMILES string of the molecule is CCCCC(N)=O.O=C(O)CCCCCS. The maximum Gasteiger partial charge on any atom is 0.303 e. The fourth-order valence-electron chi connectivity index (χ4n) is 0.916. The molecule has 4 nitrogen and oxygen atoms in total. The van der Waals surface area contributed by atoms with E-state index in [0.717, 1.165) is 37.9 Å². The summed E-state index contributed by atoms with van der Waals surface area (Å²) < 4.78 is 0. The molecule has 16 heavy (non-hydrogen) atoms. The minimum atomic E-state index is -0.700. The van der Waals surface area contributed by atoms with Crippen molar-refractivity contribution >= 4 is 24.5 Å². The van der Waals surface area contributed by atoms with Gasteiger partial charge in [-0.3, -0.25) is 9.59 Å². The van der Waals surface area contributed by atoms with E-state index in [0.29, 0.717) is 12.8 Å². The molecule has 0 radical (unpaired) electrons. The Morgan fingerprint density at radius 3 is 2.06 bits per heavy atom. The van der Waals surface area contributed by atoms with E-state index in [1.54, 1.807) is 0 Å². The number of thiol groups is 1.